The summed E-state index contributed by atoms with van der Waals surface area (Å²) in [6.45, 7) is 0.438. The minimum absolute atomic E-state index is 0.118. The molecule has 2 aromatic heterocycles. The highest BCUT2D eigenvalue weighted by Gasteiger charge is 2.22. The van der Waals surface area contributed by atoms with Gasteiger partial charge in [0, 0.05) is 23.8 Å². The number of carbonyl (C=O) groups excluding carboxylic acids is 1. The third-order valence-electron chi connectivity index (χ3n) is 6.26. The van der Waals surface area contributed by atoms with Crippen molar-refractivity contribution in [3.8, 4) is 5.75 Å². The molecule has 0 aliphatic heterocycles. The summed E-state index contributed by atoms with van der Waals surface area (Å²) in [5.74, 6) is -1.01. The van der Waals surface area contributed by atoms with Gasteiger partial charge in [0.2, 0.25) is 0 Å². The molecule has 0 fully saturated rings. The van der Waals surface area contributed by atoms with Gasteiger partial charge in [-0.3, -0.25) is 4.79 Å². The number of pyridine rings is 1. The largest absolute Gasteiger partial charge is 0.489 e. The van der Waals surface area contributed by atoms with Gasteiger partial charge in [0.1, 0.15) is 29.7 Å². The van der Waals surface area contributed by atoms with Crippen LogP contribution in [0.4, 0.5) is 0 Å². The zero-order chi connectivity index (χ0) is 27.9. The van der Waals surface area contributed by atoms with Crippen molar-refractivity contribution in [2.24, 2.45) is 0 Å². The van der Waals surface area contributed by atoms with Crippen molar-refractivity contribution in [2.45, 2.75) is 19.1 Å². The highest BCUT2D eigenvalue weighted by Crippen LogP contribution is 2.17. The summed E-state index contributed by atoms with van der Waals surface area (Å²) in [6.07, 6.45) is 7.46. The molecule has 2 N–H and O–H groups in total. The number of imidazole rings is 1. The normalized spacial score (nSPS) is 11.9. The topological polar surface area (TPSA) is 92.9 Å². The third kappa shape index (κ3) is 6.95. The van der Waals surface area contributed by atoms with Gasteiger partial charge in [-0.15, -0.1) is 0 Å². The van der Waals surface area contributed by atoms with Crippen LogP contribution in [0.5, 0.6) is 5.75 Å². The van der Waals surface area contributed by atoms with Gasteiger partial charge in [0.05, 0.1) is 0 Å². The predicted molar refractivity (Wildman–Crippen MR) is 155 cm³/mol. The fourth-order valence-corrected chi connectivity index (χ4v) is 4.24. The molecule has 40 heavy (non-hydrogen) atoms. The number of rotatable bonds is 10. The molecule has 200 valence electrons. The molecule has 0 bridgehead atoms. The van der Waals surface area contributed by atoms with Crippen molar-refractivity contribution < 1.29 is 19.4 Å². The van der Waals surface area contributed by atoms with Crippen molar-refractivity contribution in [1.82, 2.24) is 14.7 Å². The van der Waals surface area contributed by atoms with Crippen molar-refractivity contribution in [1.29, 1.82) is 0 Å². The molecule has 3 aromatic carbocycles. The van der Waals surface area contributed by atoms with Crippen LogP contribution in [0, 0.1) is 0 Å². The molecule has 1 unspecified atom stereocenters. The maximum Gasteiger partial charge on any atom is 0.326 e. The van der Waals surface area contributed by atoms with Gasteiger partial charge in [0.25, 0.3) is 5.91 Å². The van der Waals surface area contributed by atoms with Gasteiger partial charge in [0.15, 0.2) is 0 Å². The molecule has 1 amide bonds. The first-order valence-electron chi connectivity index (χ1n) is 12.6. The summed E-state index contributed by atoms with van der Waals surface area (Å²) < 4.78 is 7.53. The number of amides is 1. The first-order valence-corrected chi connectivity index (χ1v) is 13.0. The summed E-state index contributed by atoms with van der Waals surface area (Å²) in [6, 6.07) is 27.1. The van der Waals surface area contributed by atoms with Gasteiger partial charge in [-0.05, 0) is 58.7 Å². The Morgan fingerprint density at radius 2 is 1.57 bits per heavy atom. The van der Waals surface area contributed by atoms with Crippen LogP contribution in [0.25, 0.3) is 17.8 Å². The number of hydrogen-bond acceptors (Lipinski definition) is 4. The number of carboxylic acid groups (broad SMARTS) is 1. The number of carbonyl (C=O) groups is 2. The highest BCUT2D eigenvalue weighted by molar-refractivity contribution is 6.30. The Hall–Kier alpha value is -4.88. The summed E-state index contributed by atoms with van der Waals surface area (Å²) in [5.41, 5.74) is 4.43. The minimum atomic E-state index is -1.13. The van der Waals surface area contributed by atoms with Crippen molar-refractivity contribution in [2.75, 3.05) is 0 Å². The zero-order valence-electron chi connectivity index (χ0n) is 21.4. The standard InChI is InChI=1S/C32H26ClN3O4/c33-26-13-8-22(9-14-26)6-7-24-12-17-30-34-29(20-36(30)19-24)31(37)35-28(32(38)39)18-23-10-15-27(16-11-23)40-21-25-4-2-1-3-5-25/h1-17,19-20,28H,18,21H2,(H,35,37)(H,38,39). The number of carboxylic acids is 1. The molecule has 0 spiro atoms. The van der Waals surface area contributed by atoms with Crippen LogP contribution >= 0.6 is 11.6 Å². The van der Waals surface area contributed by atoms with E-state index < -0.39 is 17.9 Å². The first kappa shape index (κ1) is 26.7. The molecule has 0 saturated heterocycles. The Bertz CT molecular complexity index is 1650. The van der Waals surface area contributed by atoms with Crippen LogP contribution in [0.2, 0.25) is 5.02 Å². The van der Waals surface area contributed by atoms with E-state index in [1.807, 2.05) is 79.0 Å². The smallest absolute Gasteiger partial charge is 0.326 e. The average Bonchev–Trinajstić information content (AvgIpc) is 3.40. The Labute approximate surface area is 236 Å². The Morgan fingerprint density at radius 1 is 0.875 bits per heavy atom. The Morgan fingerprint density at radius 3 is 2.30 bits per heavy atom. The molecule has 0 radical (unpaired) electrons. The lowest BCUT2D eigenvalue weighted by Crippen LogP contribution is -2.42. The number of fused-ring (bicyclic) bond motifs is 1. The SMILES string of the molecule is O=C(NC(Cc1ccc(OCc2ccccc2)cc1)C(=O)O)c1cn2cc(C=Cc3ccc(Cl)cc3)ccc2n1. The average molecular weight is 552 g/mol. The molecular weight excluding hydrogens is 526 g/mol. The number of benzene rings is 3. The lowest BCUT2D eigenvalue weighted by Gasteiger charge is -2.14. The fourth-order valence-electron chi connectivity index (χ4n) is 4.11. The summed E-state index contributed by atoms with van der Waals surface area (Å²) >= 11 is 5.94. The number of ether oxygens (including phenoxy) is 1. The van der Waals surface area contributed by atoms with E-state index in [4.69, 9.17) is 16.3 Å². The number of nitrogens with zero attached hydrogens (tertiary/aromatic N) is 2. The fraction of sp³-hybridized carbons (Fsp3) is 0.0938. The van der Waals surface area contributed by atoms with E-state index in [-0.39, 0.29) is 12.1 Å². The molecule has 0 saturated carbocycles. The number of hydrogen-bond donors (Lipinski definition) is 2. The van der Waals surface area contributed by atoms with Gasteiger partial charge >= 0.3 is 5.97 Å². The molecular formula is C32H26ClN3O4. The van der Waals surface area contributed by atoms with Gasteiger partial charge in [-0.1, -0.05) is 78.4 Å². The van der Waals surface area contributed by atoms with Crippen LogP contribution in [0.1, 0.15) is 32.7 Å². The summed E-state index contributed by atoms with van der Waals surface area (Å²) in [4.78, 5) is 29.2. The monoisotopic (exact) mass is 551 g/mol. The lowest BCUT2D eigenvalue weighted by atomic mass is 10.1. The van der Waals surface area contributed by atoms with Gasteiger partial charge in [-0.2, -0.15) is 0 Å². The summed E-state index contributed by atoms with van der Waals surface area (Å²) in [5, 5.41) is 13.0. The second-order valence-corrected chi connectivity index (χ2v) is 9.66. The second-order valence-electron chi connectivity index (χ2n) is 9.23. The van der Waals surface area contributed by atoms with E-state index in [1.54, 1.807) is 40.9 Å². The zero-order valence-corrected chi connectivity index (χ0v) is 22.2. The van der Waals surface area contributed by atoms with E-state index in [2.05, 4.69) is 10.3 Å². The Balaban J connectivity index is 1.21. The third-order valence-corrected chi connectivity index (χ3v) is 6.51. The van der Waals surface area contributed by atoms with Crippen LogP contribution in [-0.2, 0) is 17.8 Å². The van der Waals surface area contributed by atoms with Crippen molar-refractivity contribution >= 4 is 41.3 Å². The molecule has 5 aromatic rings. The maximum atomic E-state index is 12.9. The van der Waals surface area contributed by atoms with Crippen molar-refractivity contribution in [3.05, 3.63) is 136 Å². The quantitative estimate of drug-likeness (QED) is 0.217. The van der Waals surface area contributed by atoms with E-state index in [9.17, 15) is 14.7 Å². The van der Waals surface area contributed by atoms with E-state index in [0.29, 0.717) is 23.0 Å². The van der Waals surface area contributed by atoms with Crippen LogP contribution in [0.3, 0.4) is 0 Å². The van der Waals surface area contributed by atoms with E-state index in [0.717, 1.165) is 22.3 Å². The van der Waals surface area contributed by atoms with E-state index >= 15 is 0 Å². The van der Waals surface area contributed by atoms with E-state index in [1.165, 1.54) is 0 Å². The molecule has 7 nitrogen and oxygen atoms in total. The second kappa shape index (κ2) is 12.3. The highest BCUT2D eigenvalue weighted by atomic mass is 35.5. The minimum Gasteiger partial charge on any atom is -0.489 e. The van der Waals surface area contributed by atoms with Gasteiger partial charge in [-0.25, -0.2) is 9.78 Å². The van der Waals surface area contributed by atoms with Crippen molar-refractivity contribution in [3.63, 3.8) is 0 Å². The molecule has 0 aliphatic carbocycles. The molecule has 2 heterocycles. The van der Waals surface area contributed by atoms with Crippen LogP contribution in [0.15, 0.2) is 103 Å². The molecule has 5 rings (SSSR count). The molecule has 8 heteroatoms. The first-order chi connectivity index (χ1) is 19.4. The molecule has 0 aliphatic rings. The van der Waals surface area contributed by atoms with Crippen LogP contribution in [-0.4, -0.2) is 32.4 Å². The molecule has 1 atom stereocenters. The Kier molecular flexibility index (Phi) is 8.23. The number of aliphatic carboxylic acids is 1. The maximum absolute atomic E-state index is 12.9. The number of nitrogens with one attached hydrogen (secondary N) is 1. The number of halogens is 1. The van der Waals surface area contributed by atoms with Crippen LogP contribution < -0.4 is 10.1 Å². The lowest BCUT2D eigenvalue weighted by molar-refractivity contribution is -0.139. The predicted octanol–water partition coefficient (Wildman–Crippen LogP) is 6.16. The van der Waals surface area contributed by atoms with Gasteiger partial charge < -0.3 is 19.6 Å². The summed E-state index contributed by atoms with van der Waals surface area (Å²) in [7, 11) is 0. The number of aromatic nitrogens is 2.